The summed E-state index contributed by atoms with van der Waals surface area (Å²) in [5.74, 6) is -0.352. The van der Waals surface area contributed by atoms with Crippen LogP contribution in [0.15, 0.2) is 41.3 Å². The number of aromatic amines is 1. The lowest BCUT2D eigenvalue weighted by atomic mass is 10.0. The number of amides is 1. The van der Waals surface area contributed by atoms with Crippen molar-refractivity contribution in [2.75, 3.05) is 11.4 Å². The molecule has 1 aliphatic rings. The Kier molecular flexibility index (Phi) is 6.18. The number of benzene rings is 1. The zero-order valence-electron chi connectivity index (χ0n) is 21.3. The molecule has 38 heavy (non-hydrogen) atoms. The molecule has 4 heterocycles. The predicted molar refractivity (Wildman–Crippen MR) is 141 cm³/mol. The number of halogens is 3. The molecule has 3 aromatic heterocycles. The van der Waals surface area contributed by atoms with Gasteiger partial charge in [0.15, 0.2) is 0 Å². The number of H-pyrrole nitrogens is 1. The number of aliphatic hydroxyl groups is 1. The molecule has 5 rings (SSSR count). The summed E-state index contributed by atoms with van der Waals surface area (Å²) in [5, 5.41) is 14.1. The highest BCUT2D eigenvalue weighted by Gasteiger charge is 2.37. The number of nitrogens with one attached hydrogen (secondary N) is 2. The Balaban J connectivity index is 1.70. The van der Waals surface area contributed by atoms with E-state index in [1.165, 1.54) is 22.0 Å². The van der Waals surface area contributed by atoms with Gasteiger partial charge in [0.1, 0.15) is 11.2 Å². The van der Waals surface area contributed by atoms with Crippen molar-refractivity contribution < 1.29 is 23.1 Å². The van der Waals surface area contributed by atoms with Crippen LogP contribution in [0.1, 0.15) is 52.8 Å². The maximum atomic E-state index is 13.7. The van der Waals surface area contributed by atoms with E-state index in [1.807, 2.05) is 4.90 Å². The highest BCUT2D eigenvalue weighted by Crippen LogP contribution is 2.47. The lowest BCUT2D eigenvalue weighted by Crippen LogP contribution is -2.23. The molecule has 7 nitrogen and oxygen atoms in total. The third kappa shape index (κ3) is 4.39. The van der Waals surface area contributed by atoms with Crippen molar-refractivity contribution >= 4 is 33.8 Å². The van der Waals surface area contributed by atoms with Crippen LogP contribution < -0.4 is 15.8 Å². The zero-order chi connectivity index (χ0) is 27.6. The maximum Gasteiger partial charge on any atom is 0.416 e. The Labute approximate surface area is 220 Å². The van der Waals surface area contributed by atoms with Crippen molar-refractivity contribution in [2.45, 2.75) is 45.6 Å². The fourth-order valence-corrected chi connectivity index (χ4v) is 6.07. The van der Waals surface area contributed by atoms with Crippen molar-refractivity contribution in [3.8, 4) is 10.4 Å². The number of carbonyl (C=O) groups excluding carboxylic acids is 1. The number of fused-ring (bicyclic) bond motifs is 2. The second kappa shape index (κ2) is 9.02. The number of carbonyl (C=O) groups is 1. The molecule has 0 unspecified atom stereocenters. The molecule has 0 spiro atoms. The maximum absolute atomic E-state index is 13.7. The number of nitrogens with zero attached hydrogens (tertiary/aromatic N) is 2. The zero-order valence-corrected chi connectivity index (χ0v) is 22.1. The minimum atomic E-state index is -4.47. The molecule has 0 aliphatic carbocycles. The third-order valence-electron chi connectivity index (χ3n) is 6.74. The minimum absolute atomic E-state index is 0.0479. The lowest BCUT2D eigenvalue weighted by Gasteiger charge is -2.19. The topological polar surface area (TPSA) is 90.4 Å². The van der Waals surface area contributed by atoms with Crippen LogP contribution in [0, 0.1) is 0 Å². The fraction of sp³-hybridized carbons (Fsp3) is 0.333. The number of thiophene rings is 1. The number of alkyl halides is 3. The van der Waals surface area contributed by atoms with Gasteiger partial charge in [-0.1, -0.05) is 12.1 Å². The van der Waals surface area contributed by atoms with E-state index < -0.39 is 17.3 Å². The number of rotatable bonds is 5. The summed E-state index contributed by atoms with van der Waals surface area (Å²) < 4.78 is 42.6. The number of aryl methyl sites for hydroxylation is 1. The largest absolute Gasteiger partial charge is 0.416 e. The van der Waals surface area contributed by atoms with Crippen molar-refractivity contribution in [2.24, 2.45) is 7.05 Å². The monoisotopic (exact) mass is 544 g/mol. The normalized spacial score (nSPS) is 13.8. The van der Waals surface area contributed by atoms with E-state index in [-0.39, 0.29) is 41.3 Å². The highest BCUT2D eigenvalue weighted by molar-refractivity contribution is 7.16. The first kappa shape index (κ1) is 26.1. The second-order valence-electron chi connectivity index (χ2n) is 9.97. The van der Waals surface area contributed by atoms with Crippen LogP contribution in [0.4, 0.5) is 18.9 Å². The van der Waals surface area contributed by atoms with Crippen LogP contribution in [0.25, 0.3) is 21.3 Å². The van der Waals surface area contributed by atoms with Gasteiger partial charge in [0.25, 0.3) is 11.5 Å². The average molecular weight is 545 g/mol. The van der Waals surface area contributed by atoms with Crippen LogP contribution >= 0.6 is 11.3 Å². The first-order chi connectivity index (χ1) is 17.8. The smallest absolute Gasteiger partial charge is 0.385 e. The number of hydrogen-bond donors (Lipinski definition) is 3. The molecule has 0 radical (unpaired) electrons. The molecular formula is C27H27F3N4O3S. The van der Waals surface area contributed by atoms with Gasteiger partial charge in [-0.15, -0.1) is 11.3 Å². The number of aromatic nitrogens is 2. The first-order valence-electron chi connectivity index (χ1n) is 12.1. The van der Waals surface area contributed by atoms with Gasteiger partial charge < -0.3 is 24.9 Å². The molecular weight excluding hydrogens is 517 g/mol. The van der Waals surface area contributed by atoms with Gasteiger partial charge in [0.05, 0.1) is 21.7 Å². The highest BCUT2D eigenvalue weighted by atomic mass is 32.1. The van der Waals surface area contributed by atoms with Crippen molar-refractivity contribution in [3.05, 3.63) is 74.1 Å². The van der Waals surface area contributed by atoms with Gasteiger partial charge in [-0.05, 0) is 50.1 Å². The third-order valence-corrected chi connectivity index (χ3v) is 8.21. The molecule has 0 fully saturated rings. The van der Waals surface area contributed by atoms with Gasteiger partial charge in [0, 0.05) is 48.7 Å². The van der Waals surface area contributed by atoms with E-state index in [0.29, 0.717) is 38.5 Å². The molecule has 200 valence electrons. The first-order valence-corrected chi connectivity index (χ1v) is 12.9. The molecule has 0 atom stereocenters. The summed E-state index contributed by atoms with van der Waals surface area (Å²) in [6.07, 6.45) is -2.81. The Hall–Kier alpha value is -3.57. The average Bonchev–Trinajstić information content (AvgIpc) is 3.56. The quantitative estimate of drug-likeness (QED) is 0.326. The van der Waals surface area contributed by atoms with Crippen LogP contribution in [0.3, 0.4) is 0 Å². The summed E-state index contributed by atoms with van der Waals surface area (Å²) in [7, 11) is 1.60. The standard InChI is InChI=1S/C27H27F3N4O3S/c1-5-31-24(35)19-9-15-17(12-33(4)25(36)22(15)32-19)23-20(10-21(38-23)26(2,3)37)34-11-14-7-6-8-18(16(14)13-34)27(28,29)30/h6-10,12,32,37H,5,11,13H2,1-4H3,(H,31,35). The van der Waals surface area contributed by atoms with Crippen LogP contribution in [0.2, 0.25) is 0 Å². The Morgan fingerprint density at radius 2 is 1.95 bits per heavy atom. The molecule has 1 amide bonds. The van der Waals surface area contributed by atoms with E-state index >= 15 is 0 Å². The predicted octanol–water partition coefficient (Wildman–Crippen LogP) is 5.11. The van der Waals surface area contributed by atoms with Crippen molar-refractivity contribution in [1.29, 1.82) is 0 Å². The molecule has 0 saturated carbocycles. The molecule has 4 aromatic rings. The van der Waals surface area contributed by atoms with E-state index in [0.717, 1.165) is 6.07 Å². The molecule has 0 saturated heterocycles. The van der Waals surface area contributed by atoms with Crippen LogP contribution in [-0.4, -0.2) is 27.1 Å². The van der Waals surface area contributed by atoms with Gasteiger partial charge in [-0.3, -0.25) is 9.59 Å². The van der Waals surface area contributed by atoms with Crippen molar-refractivity contribution in [3.63, 3.8) is 0 Å². The van der Waals surface area contributed by atoms with Gasteiger partial charge in [-0.2, -0.15) is 13.2 Å². The molecule has 11 heteroatoms. The van der Waals surface area contributed by atoms with Gasteiger partial charge in [0.2, 0.25) is 0 Å². The molecule has 1 aromatic carbocycles. The summed E-state index contributed by atoms with van der Waals surface area (Å²) in [5.41, 5.74) is 0.414. The van der Waals surface area contributed by atoms with E-state index in [2.05, 4.69) is 10.3 Å². The Morgan fingerprint density at radius 1 is 1.21 bits per heavy atom. The van der Waals surface area contributed by atoms with E-state index in [1.54, 1.807) is 52.2 Å². The Bertz CT molecular complexity index is 1630. The SMILES string of the molecule is CCNC(=O)c1cc2c(-c3sc(C(C)(C)O)cc3N3Cc4cccc(C(F)(F)F)c4C3)cn(C)c(=O)c2[nH]1. The fourth-order valence-electron chi connectivity index (χ4n) is 4.86. The van der Waals surface area contributed by atoms with E-state index in [4.69, 9.17) is 0 Å². The molecule has 1 aliphatic heterocycles. The van der Waals surface area contributed by atoms with Crippen LogP contribution in [0.5, 0.6) is 0 Å². The minimum Gasteiger partial charge on any atom is -0.385 e. The van der Waals surface area contributed by atoms with Crippen molar-refractivity contribution in [1.82, 2.24) is 14.9 Å². The number of hydrogen-bond acceptors (Lipinski definition) is 5. The number of pyridine rings is 1. The molecule has 3 N–H and O–H groups in total. The Morgan fingerprint density at radius 3 is 2.61 bits per heavy atom. The van der Waals surface area contributed by atoms with Gasteiger partial charge >= 0.3 is 6.18 Å². The van der Waals surface area contributed by atoms with Crippen LogP contribution in [-0.2, 0) is 31.9 Å². The molecule has 0 bridgehead atoms. The second-order valence-corrected chi connectivity index (χ2v) is 11.0. The van der Waals surface area contributed by atoms with Gasteiger partial charge in [-0.25, -0.2) is 0 Å². The number of anilines is 1. The summed E-state index contributed by atoms with van der Waals surface area (Å²) in [4.78, 5) is 31.6. The summed E-state index contributed by atoms with van der Waals surface area (Å²) in [6.45, 7) is 5.81. The summed E-state index contributed by atoms with van der Waals surface area (Å²) in [6, 6.07) is 7.63. The van der Waals surface area contributed by atoms with E-state index in [9.17, 15) is 27.9 Å². The lowest BCUT2D eigenvalue weighted by molar-refractivity contribution is -0.138. The summed E-state index contributed by atoms with van der Waals surface area (Å²) >= 11 is 1.31.